The maximum absolute atomic E-state index is 2.34. The normalized spacial score (nSPS) is 12.5. The van der Waals surface area contributed by atoms with Crippen molar-refractivity contribution in [1.29, 1.82) is 0 Å². The molecule has 1 heteroatoms. The van der Waals surface area contributed by atoms with Gasteiger partial charge < -0.3 is 0 Å². The Morgan fingerprint density at radius 1 is 0.688 bits per heavy atom. The summed E-state index contributed by atoms with van der Waals surface area (Å²) >= 11 is 1.92. The van der Waals surface area contributed by atoms with Crippen LogP contribution >= 0.6 is 11.3 Å². The molecule has 0 spiro atoms. The van der Waals surface area contributed by atoms with Gasteiger partial charge in [0.25, 0.3) is 0 Å². The van der Waals surface area contributed by atoms with E-state index in [1.807, 2.05) is 11.3 Å². The van der Waals surface area contributed by atoms with Crippen molar-refractivity contribution in [3.05, 3.63) is 95.1 Å². The van der Waals surface area contributed by atoms with Gasteiger partial charge in [0.1, 0.15) is 0 Å². The summed E-state index contributed by atoms with van der Waals surface area (Å²) in [6, 6.07) is 27.0. The molecule has 5 rings (SSSR count). The van der Waals surface area contributed by atoms with Gasteiger partial charge in [0.15, 0.2) is 0 Å². The molecule has 0 radical (unpaired) electrons. The summed E-state index contributed by atoms with van der Waals surface area (Å²) < 4.78 is 2.77. The predicted molar refractivity (Wildman–Crippen MR) is 143 cm³/mol. The van der Waals surface area contributed by atoms with Crippen molar-refractivity contribution >= 4 is 31.5 Å². The first-order valence-corrected chi connectivity index (χ1v) is 12.4. The first-order valence-electron chi connectivity index (χ1n) is 11.6. The van der Waals surface area contributed by atoms with Gasteiger partial charge in [0.2, 0.25) is 0 Å². The van der Waals surface area contributed by atoms with Gasteiger partial charge in [-0.2, -0.15) is 0 Å². The third kappa shape index (κ3) is 3.27. The Labute approximate surface area is 195 Å². The van der Waals surface area contributed by atoms with Crippen LogP contribution in [0.1, 0.15) is 48.4 Å². The zero-order valence-corrected chi connectivity index (χ0v) is 20.4. The molecule has 0 saturated heterocycles. The van der Waals surface area contributed by atoms with Crippen molar-refractivity contribution in [2.45, 2.75) is 47.0 Å². The fourth-order valence-corrected chi connectivity index (χ4v) is 6.35. The van der Waals surface area contributed by atoms with E-state index < -0.39 is 0 Å². The molecule has 0 aliphatic heterocycles. The van der Waals surface area contributed by atoms with Crippen molar-refractivity contribution < 1.29 is 0 Å². The highest BCUT2D eigenvalue weighted by molar-refractivity contribution is 7.26. The van der Waals surface area contributed by atoms with Gasteiger partial charge >= 0.3 is 0 Å². The third-order valence-electron chi connectivity index (χ3n) is 7.13. The van der Waals surface area contributed by atoms with E-state index in [1.165, 1.54) is 64.7 Å². The highest BCUT2D eigenvalue weighted by Crippen LogP contribution is 2.43. The first kappa shape index (κ1) is 21.0. The molecule has 0 amide bonds. The topological polar surface area (TPSA) is 0 Å². The highest BCUT2D eigenvalue weighted by atomic mass is 32.1. The van der Waals surface area contributed by atoms with Crippen molar-refractivity contribution in [3.8, 4) is 22.3 Å². The van der Waals surface area contributed by atoms with Crippen molar-refractivity contribution in [2.24, 2.45) is 0 Å². The Morgan fingerprint density at radius 2 is 1.38 bits per heavy atom. The number of benzene rings is 4. The monoisotopic (exact) mass is 434 g/mol. The lowest BCUT2D eigenvalue weighted by Crippen LogP contribution is -1.99. The van der Waals surface area contributed by atoms with Crippen molar-refractivity contribution in [2.75, 3.05) is 0 Å². The van der Waals surface area contributed by atoms with Crippen molar-refractivity contribution in [1.82, 2.24) is 0 Å². The summed E-state index contributed by atoms with van der Waals surface area (Å²) in [5.41, 5.74) is 11.1. The summed E-state index contributed by atoms with van der Waals surface area (Å²) in [5, 5.41) is 2.74. The lowest BCUT2D eigenvalue weighted by atomic mass is 9.83. The quantitative estimate of drug-likeness (QED) is 0.264. The minimum Gasteiger partial charge on any atom is -0.135 e. The van der Waals surface area contributed by atoms with Gasteiger partial charge in [0.05, 0.1) is 0 Å². The van der Waals surface area contributed by atoms with E-state index in [4.69, 9.17) is 0 Å². The molecule has 0 N–H and O–H groups in total. The molecule has 4 aromatic carbocycles. The minimum atomic E-state index is 0.547. The van der Waals surface area contributed by atoms with Crippen LogP contribution in [0.5, 0.6) is 0 Å². The van der Waals surface area contributed by atoms with Crippen LogP contribution in [0.15, 0.2) is 72.8 Å². The number of aryl methyl sites for hydroxylation is 2. The van der Waals surface area contributed by atoms with Crippen LogP contribution in [0, 0.1) is 20.8 Å². The second-order valence-corrected chi connectivity index (χ2v) is 10.1. The third-order valence-corrected chi connectivity index (χ3v) is 8.44. The molecule has 5 aromatic rings. The maximum atomic E-state index is 2.34. The zero-order chi connectivity index (χ0) is 22.4. The van der Waals surface area contributed by atoms with Gasteiger partial charge in [-0.05, 0) is 83.7 Å². The van der Waals surface area contributed by atoms with E-state index in [9.17, 15) is 0 Å². The van der Waals surface area contributed by atoms with Gasteiger partial charge in [-0.1, -0.05) is 80.6 Å². The molecule has 1 atom stereocenters. The Bertz CT molecular complexity index is 1450. The summed E-state index contributed by atoms with van der Waals surface area (Å²) in [4.78, 5) is 0. The Hall–Kier alpha value is -2.90. The predicted octanol–water partition coefficient (Wildman–Crippen LogP) is 9.83. The summed E-state index contributed by atoms with van der Waals surface area (Å²) in [5.74, 6) is 0.547. The first-order chi connectivity index (χ1) is 15.5. The van der Waals surface area contributed by atoms with E-state index in [0.29, 0.717) is 5.92 Å². The lowest BCUT2D eigenvalue weighted by molar-refractivity contribution is 0.735. The highest BCUT2D eigenvalue weighted by Gasteiger charge is 2.18. The Kier molecular flexibility index (Phi) is 5.39. The number of hydrogen-bond acceptors (Lipinski definition) is 1. The van der Waals surface area contributed by atoms with E-state index in [1.54, 1.807) is 0 Å². The van der Waals surface area contributed by atoms with Crippen LogP contribution < -0.4 is 0 Å². The average Bonchev–Trinajstić information content (AvgIpc) is 3.19. The van der Waals surface area contributed by atoms with Gasteiger partial charge in [-0.15, -0.1) is 11.3 Å². The molecule has 0 aliphatic rings. The largest absolute Gasteiger partial charge is 0.135 e. The molecular weight excluding hydrogens is 404 g/mol. The van der Waals surface area contributed by atoms with Crippen LogP contribution in [-0.4, -0.2) is 0 Å². The van der Waals surface area contributed by atoms with Crippen LogP contribution in [0.4, 0.5) is 0 Å². The van der Waals surface area contributed by atoms with E-state index in [0.717, 1.165) is 6.42 Å². The maximum Gasteiger partial charge on any atom is 0.0390 e. The van der Waals surface area contributed by atoms with Crippen molar-refractivity contribution in [3.63, 3.8) is 0 Å². The molecule has 0 aliphatic carbocycles. The fraction of sp³-hybridized carbons (Fsp3) is 0.226. The summed E-state index contributed by atoms with van der Waals surface area (Å²) in [6.07, 6.45) is 1.15. The number of rotatable bonds is 4. The Balaban J connectivity index is 1.74. The number of fused-ring (bicyclic) bond motifs is 3. The van der Waals surface area contributed by atoms with Crippen LogP contribution in [0.2, 0.25) is 0 Å². The standard InChI is InChI=1S/C31H30S/c1-6-19(2)23-11-7-8-13-27(23)30-20(3)15-16-24(21(30)4)25-17-18-28-26-12-9-10-14-29(26)32-31(28)22(25)5/h7-19H,6H2,1-5H3. The molecule has 160 valence electrons. The molecule has 0 fully saturated rings. The van der Waals surface area contributed by atoms with E-state index in [2.05, 4.69) is 107 Å². The molecule has 0 nitrogen and oxygen atoms in total. The van der Waals surface area contributed by atoms with Gasteiger partial charge in [-0.25, -0.2) is 0 Å². The molecule has 1 unspecified atom stereocenters. The molecular formula is C31H30S. The zero-order valence-electron chi connectivity index (χ0n) is 19.6. The van der Waals surface area contributed by atoms with Gasteiger partial charge in [-0.3, -0.25) is 0 Å². The average molecular weight is 435 g/mol. The molecule has 1 heterocycles. The number of thiophene rings is 1. The molecule has 1 aromatic heterocycles. The lowest BCUT2D eigenvalue weighted by Gasteiger charge is -2.21. The summed E-state index contributed by atoms with van der Waals surface area (Å²) in [7, 11) is 0. The fourth-order valence-electron chi connectivity index (χ4n) is 5.14. The molecule has 0 bridgehead atoms. The van der Waals surface area contributed by atoms with Crippen LogP contribution in [0.25, 0.3) is 42.4 Å². The molecule has 0 saturated carbocycles. The summed E-state index contributed by atoms with van der Waals surface area (Å²) in [6.45, 7) is 11.5. The second-order valence-electron chi connectivity index (χ2n) is 9.04. The SMILES string of the molecule is CCC(C)c1ccccc1-c1c(C)ccc(-c2ccc3c(sc4ccccc43)c2C)c1C. The smallest absolute Gasteiger partial charge is 0.0390 e. The number of hydrogen-bond donors (Lipinski definition) is 0. The Morgan fingerprint density at radius 3 is 2.19 bits per heavy atom. The second kappa shape index (κ2) is 8.22. The van der Waals surface area contributed by atoms with E-state index >= 15 is 0 Å². The van der Waals surface area contributed by atoms with Crippen LogP contribution in [-0.2, 0) is 0 Å². The van der Waals surface area contributed by atoms with Gasteiger partial charge in [0, 0.05) is 20.2 Å². The van der Waals surface area contributed by atoms with E-state index in [-0.39, 0.29) is 0 Å². The van der Waals surface area contributed by atoms with Crippen LogP contribution in [0.3, 0.4) is 0 Å². The molecule has 32 heavy (non-hydrogen) atoms. The minimum absolute atomic E-state index is 0.547.